The van der Waals surface area contributed by atoms with Gasteiger partial charge in [-0.25, -0.2) is 0 Å². The number of allylic oxidation sites excluding steroid dienone is 6. The molecule has 1 heterocycles. The Morgan fingerprint density at radius 3 is 2.11 bits per heavy atom. The predicted molar refractivity (Wildman–Crippen MR) is 72.4 cm³/mol. The Morgan fingerprint density at radius 2 is 1.56 bits per heavy atom. The van der Waals surface area contributed by atoms with Crippen molar-refractivity contribution in [2.45, 2.75) is 45.1 Å². The Morgan fingerprint density at radius 1 is 0.944 bits per heavy atom. The molecule has 0 aromatic carbocycles. The fourth-order valence-corrected chi connectivity index (χ4v) is 2.25. The fourth-order valence-electron chi connectivity index (χ4n) is 2.25. The smallest absolute Gasteiger partial charge is 0.121 e. The summed E-state index contributed by atoms with van der Waals surface area (Å²) >= 11 is 0. The quantitative estimate of drug-likeness (QED) is 0.638. The molecule has 0 unspecified atom stereocenters. The standard InChI is InChI=1S/C11H16O.C5H5.Co/c1-11(2)7-9-5-3-4-6-10(9)8-12-11;1-2-4-5-3-1;/h7-8H,3-6H2,1-2H3;1-5H;. The van der Waals surface area contributed by atoms with Crippen molar-refractivity contribution in [1.29, 1.82) is 0 Å². The van der Waals surface area contributed by atoms with Gasteiger partial charge in [-0.15, -0.1) is 0 Å². The van der Waals surface area contributed by atoms with E-state index in [1.54, 1.807) is 0 Å². The molecule has 1 aliphatic heterocycles. The van der Waals surface area contributed by atoms with E-state index in [1.807, 2.05) is 37.0 Å². The SMILES string of the molecule is CC1(C)C=C2CCCCC2=CO1.[CH]1C=CC=C1.[Co]. The van der Waals surface area contributed by atoms with Crippen molar-refractivity contribution >= 4 is 0 Å². The minimum absolute atomic E-state index is 0. The molecule has 1 nitrogen and oxygen atoms in total. The molecule has 0 atom stereocenters. The molecule has 0 bridgehead atoms. The predicted octanol–water partition coefficient (Wildman–Crippen LogP) is 4.49. The normalized spacial score (nSPS) is 22.6. The van der Waals surface area contributed by atoms with Gasteiger partial charge in [-0.2, -0.15) is 0 Å². The second kappa shape index (κ2) is 7.00. The van der Waals surface area contributed by atoms with E-state index in [2.05, 4.69) is 19.9 Å². The van der Waals surface area contributed by atoms with Gasteiger partial charge in [-0.05, 0) is 56.8 Å². The molecule has 2 aliphatic carbocycles. The topological polar surface area (TPSA) is 9.23 Å². The summed E-state index contributed by atoms with van der Waals surface area (Å²) in [4.78, 5) is 0. The first-order valence-corrected chi connectivity index (χ1v) is 6.43. The molecule has 2 heteroatoms. The third-order valence-corrected chi connectivity index (χ3v) is 3.14. The van der Waals surface area contributed by atoms with E-state index in [0.29, 0.717) is 0 Å². The van der Waals surface area contributed by atoms with Gasteiger partial charge in [-0.3, -0.25) is 0 Å². The van der Waals surface area contributed by atoms with Gasteiger partial charge in [-0.1, -0.05) is 24.3 Å². The third kappa shape index (κ3) is 4.50. The van der Waals surface area contributed by atoms with Crippen LogP contribution in [0.1, 0.15) is 39.5 Å². The van der Waals surface area contributed by atoms with Gasteiger partial charge in [0.25, 0.3) is 0 Å². The maximum Gasteiger partial charge on any atom is 0.121 e. The van der Waals surface area contributed by atoms with Crippen LogP contribution in [0.3, 0.4) is 0 Å². The van der Waals surface area contributed by atoms with Crippen LogP contribution in [0.2, 0.25) is 0 Å². The first-order chi connectivity index (χ1) is 8.17. The molecule has 0 N–H and O–H groups in total. The monoisotopic (exact) mass is 288 g/mol. The van der Waals surface area contributed by atoms with Crippen molar-refractivity contribution in [3.05, 3.63) is 54.2 Å². The molecule has 0 spiro atoms. The van der Waals surface area contributed by atoms with E-state index in [-0.39, 0.29) is 22.4 Å². The summed E-state index contributed by atoms with van der Waals surface area (Å²) in [5.41, 5.74) is 2.88. The number of ether oxygens (including phenoxy) is 1. The number of rotatable bonds is 0. The Kier molecular flexibility index (Phi) is 5.96. The van der Waals surface area contributed by atoms with Crippen LogP contribution in [0, 0.1) is 6.42 Å². The maximum atomic E-state index is 5.60. The van der Waals surface area contributed by atoms with Crippen molar-refractivity contribution in [3.8, 4) is 0 Å². The first kappa shape index (κ1) is 15.3. The van der Waals surface area contributed by atoms with Crippen molar-refractivity contribution < 1.29 is 21.5 Å². The summed E-state index contributed by atoms with van der Waals surface area (Å²) in [6.07, 6.45) is 19.4. The minimum atomic E-state index is -0.0732. The molecule has 2 radical (unpaired) electrons. The molecule has 100 valence electrons. The second-order valence-corrected chi connectivity index (χ2v) is 5.20. The van der Waals surface area contributed by atoms with Crippen molar-refractivity contribution in [3.63, 3.8) is 0 Å². The van der Waals surface area contributed by atoms with Crippen LogP contribution in [-0.2, 0) is 21.5 Å². The van der Waals surface area contributed by atoms with E-state index in [1.165, 1.54) is 36.8 Å². The maximum absolute atomic E-state index is 5.60. The molecule has 1 saturated carbocycles. The van der Waals surface area contributed by atoms with Gasteiger partial charge in [0.2, 0.25) is 0 Å². The summed E-state index contributed by atoms with van der Waals surface area (Å²) in [6.45, 7) is 4.23. The van der Waals surface area contributed by atoms with Crippen LogP contribution in [0.4, 0.5) is 0 Å². The van der Waals surface area contributed by atoms with E-state index >= 15 is 0 Å². The molecule has 3 aliphatic rings. The van der Waals surface area contributed by atoms with Crippen LogP contribution in [0.5, 0.6) is 0 Å². The zero-order valence-corrected chi connectivity index (χ0v) is 12.2. The molecular formula is C16H21CoO. The zero-order chi connectivity index (χ0) is 12.1. The summed E-state index contributed by atoms with van der Waals surface area (Å²) in [6, 6.07) is 0. The van der Waals surface area contributed by atoms with E-state index in [9.17, 15) is 0 Å². The molecular weight excluding hydrogens is 267 g/mol. The average molecular weight is 288 g/mol. The third-order valence-electron chi connectivity index (χ3n) is 3.14. The summed E-state index contributed by atoms with van der Waals surface area (Å²) < 4.78 is 5.60. The molecule has 1 fully saturated rings. The Labute approximate surface area is 121 Å². The van der Waals surface area contributed by atoms with E-state index in [0.717, 1.165) is 0 Å². The van der Waals surface area contributed by atoms with Crippen molar-refractivity contribution in [2.24, 2.45) is 0 Å². The van der Waals surface area contributed by atoms with Gasteiger partial charge in [0, 0.05) is 23.2 Å². The van der Waals surface area contributed by atoms with Gasteiger partial charge in [0.1, 0.15) is 5.60 Å². The van der Waals surface area contributed by atoms with Crippen LogP contribution in [-0.4, -0.2) is 5.60 Å². The minimum Gasteiger partial charge on any atom is -0.491 e. The van der Waals surface area contributed by atoms with Gasteiger partial charge in [0.15, 0.2) is 0 Å². The molecule has 18 heavy (non-hydrogen) atoms. The van der Waals surface area contributed by atoms with Crippen LogP contribution in [0.25, 0.3) is 0 Å². The van der Waals surface area contributed by atoms with Crippen molar-refractivity contribution in [2.75, 3.05) is 0 Å². The van der Waals surface area contributed by atoms with Crippen LogP contribution in [0.15, 0.2) is 47.8 Å². The zero-order valence-electron chi connectivity index (χ0n) is 11.1. The molecule has 0 aromatic heterocycles. The molecule has 0 saturated heterocycles. The summed E-state index contributed by atoms with van der Waals surface area (Å²) in [7, 11) is 0. The number of hydrogen-bond acceptors (Lipinski definition) is 1. The average Bonchev–Trinajstić information content (AvgIpc) is 2.86. The summed E-state index contributed by atoms with van der Waals surface area (Å²) in [5, 5.41) is 0. The van der Waals surface area contributed by atoms with Crippen LogP contribution >= 0.6 is 0 Å². The van der Waals surface area contributed by atoms with Crippen LogP contribution < -0.4 is 0 Å². The van der Waals surface area contributed by atoms with Gasteiger partial charge >= 0.3 is 0 Å². The molecule has 0 amide bonds. The first-order valence-electron chi connectivity index (χ1n) is 6.43. The van der Waals surface area contributed by atoms with E-state index < -0.39 is 0 Å². The number of hydrogen-bond donors (Lipinski definition) is 0. The molecule has 0 aromatic rings. The number of fused-ring (bicyclic) bond motifs is 1. The second-order valence-electron chi connectivity index (χ2n) is 5.20. The Balaban J connectivity index is 0.000000230. The Hall–Kier alpha value is -0.734. The van der Waals surface area contributed by atoms with Crippen molar-refractivity contribution in [1.82, 2.24) is 0 Å². The summed E-state index contributed by atoms with van der Waals surface area (Å²) in [5.74, 6) is 0. The Bertz CT molecular complexity index is 376. The fraction of sp³-hybridized carbons (Fsp3) is 0.438. The van der Waals surface area contributed by atoms with Gasteiger partial charge in [0.05, 0.1) is 6.26 Å². The largest absolute Gasteiger partial charge is 0.491 e. The molecule has 3 rings (SSSR count). The van der Waals surface area contributed by atoms with Gasteiger partial charge < -0.3 is 4.74 Å². The van der Waals surface area contributed by atoms with E-state index in [4.69, 9.17) is 4.74 Å².